The highest BCUT2D eigenvalue weighted by molar-refractivity contribution is 5.68. The summed E-state index contributed by atoms with van der Waals surface area (Å²) >= 11 is 0. The van der Waals surface area contributed by atoms with Gasteiger partial charge in [-0.15, -0.1) is 0 Å². The molecule has 136 valence electrons. The number of rotatable bonds is 7. The molecule has 0 bridgehead atoms. The molecule has 1 aliphatic rings. The molecule has 1 rings (SSSR count). The number of nitrogens with zero attached hydrogens (tertiary/aromatic N) is 1. The van der Waals surface area contributed by atoms with E-state index < -0.39 is 5.60 Å². The third kappa shape index (κ3) is 7.53. The van der Waals surface area contributed by atoms with E-state index in [1.54, 1.807) is 0 Å². The number of carbonyl (C=O) groups is 1. The molecule has 0 saturated carbocycles. The summed E-state index contributed by atoms with van der Waals surface area (Å²) in [5.74, 6) is 0.719. The Kier molecular flexibility index (Phi) is 8.34. The van der Waals surface area contributed by atoms with Gasteiger partial charge in [-0.25, -0.2) is 4.79 Å². The van der Waals surface area contributed by atoms with E-state index in [2.05, 4.69) is 26.1 Å². The minimum absolute atomic E-state index is 0.0459. The van der Waals surface area contributed by atoms with Crippen molar-refractivity contribution in [2.45, 2.75) is 78.5 Å². The summed E-state index contributed by atoms with van der Waals surface area (Å²) in [5.41, 5.74) is -0.462. The summed E-state index contributed by atoms with van der Waals surface area (Å²) in [7, 11) is 0. The van der Waals surface area contributed by atoms with Gasteiger partial charge in [-0.1, -0.05) is 27.2 Å². The molecule has 0 spiro atoms. The molecule has 0 aromatic heterocycles. The maximum atomic E-state index is 12.4. The fourth-order valence-corrected chi connectivity index (χ4v) is 2.73. The topological polar surface area (TPSA) is 50.8 Å². The van der Waals surface area contributed by atoms with Gasteiger partial charge >= 0.3 is 6.09 Å². The number of carbonyl (C=O) groups excluding carboxylic acids is 1. The molecule has 0 aromatic rings. The predicted octanol–water partition coefficient (Wildman–Crippen LogP) is 3.43. The lowest BCUT2D eigenvalue weighted by molar-refractivity contribution is -0.0323. The summed E-state index contributed by atoms with van der Waals surface area (Å²) < 4.78 is 11.1. The molecule has 1 N–H and O–H groups in total. The summed E-state index contributed by atoms with van der Waals surface area (Å²) in [6.45, 7) is 15.0. The van der Waals surface area contributed by atoms with Crippen molar-refractivity contribution >= 4 is 6.09 Å². The lowest BCUT2D eigenvalue weighted by atomic mass is 9.97. The molecule has 1 saturated heterocycles. The average molecular weight is 328 g/mol. The van der Waals surface area contributed by atoms with E-state index in [-0.39, 0.29) is 12.1 Å². The van der Waals surface area contributed by atoms with Crippen molar-refractivity contribution in [3.63, 3.8) is 0 Å². The Balaban J connectivity index is 2.55. The van der Waals surface area contributed by atoms with Gasteiger partial charge in [-0.3, -0.25) is 4.90 Å². The van der Waals surface area contributed by atoms with E-state index in [1.807, 2.05) is 25.7 Å². The molecule has 0 radical (unpaired) electrons. The summed E-state index contributed by atoms with van der Waals surface area (Å²) in [6, 6.07) is 0.539. The van der Waals surface area contributed by atoms with Gasteiger partial charge in [-0.05, 0) is 39.5 Å². The van der Waals surface area contributed by atoms with E-state index in [4.69, 9.17) is 9.47 Å². The average Bonchev–Trinajstić information content (AvgIpc) is 2.49. The first-order valence-corrected chi connectivity index (χ1v) is 9.07. The minimum atomic E-state index is -0.462. The largest absolute Gasteiger partial charge is 0.444 e. The van der Waals surface area contributed by atoms with Gasteiger partial charge in [0.25, 0.3) is 0 Å². The van der Waals surface area contributed by atoms with Gasteiger partial charge in [0.15, 0.2) is 0 Å². The molecule has 0 aromatic carbocycles. The minimum Gasteiger partial charge on any atom is -0.444 e. The van der Waals surface area contributed by atoms with Gasteiger partial charge in [0.05, 0.1) is 19.3 Å². The Labute approximate surface area is 142 Å². The molecule has 1 aliphatic heterocycles. The van der Waals surface area contributed by atoms with Crippen LogP contribution in [0.15, 0.2) is 0 Å². The van der Waals surface area contributed by atoms with E-state index in [0.29, 0.717) is 25.8 Å². The van der Waals surface area contributed by atoms with Gasteiger partial charge in [0, 0.05) is 19.1 Å². The highest BCUT2D eigenvalue weighted by atomic mass is 16.6. The van der Waals surface area contributed by atoms with E-state index in [0.717, 1.165) is 18.9 Å². The van der Waals surface area contributed by atoms with Crippen LogP contribution in [-0.4, -0.2) is 55.0 Å². The molecule has 1 amide bonds. The van der Waals surface area contributed by atoms with Crippen LogP contribution >= 0.6 is 0 Å². The van der Waals surface area contributed by atoms with Crippen LogP contribution in [0, 0.1) is 5.92 Å². The van der Waals surface area contributed by atoms with E-state index in [1.165, 1.54) is 12.8 Å². The molecule has 5 heteroatoms. The van der Waals surface area contributed by atoms with Crippen LogP contribution in [0.4, 0.5) is 4.79 Å². The van der Waals surface area contributed by atoms with Crippen molar-refractivity contribution in [1.29, 1.82) is 0 Å². The second-order valence-corrected chi connectivity index (χ2v) is 7.67. The van der Waals surface area contributed by atoms with Crippen molar-refractivity contribution in [2.24, 2.45) is 5.92 Å². The predicted molar refractivity (Wildman–Crippen MR) is 93.7 cm³/mol. The van der Waals surface area contributed by atoms with Crippen LogP contribution in [-0.2, 0) is 9.47 Å². The zero-order valence-corrected chi connectivity index (χ0v) is 15.9. The van der Waals surface area contributed by atoms with Crippen molar-refractivity contribution in [3.8, 4) is 0 Å². The first-order valence-electron chi connectivity index (χ1n) is 9.07. The highest BCUT2D eigenvalue weighted by Crippen LogP contribution is 2.16. The molecular formula is C18H36N2O3. The fourth-order valence-electron chi connectivity index (χ4n) is 2.73. The number of morpholine rings is 1. The monoisotopic (exact) mass is 328 g/mol. The van der Waals surface area contributed by atoms with Gasteiger partial charge in [0.2, 0.25) is 0 Å². The summed E-state index contributed by atoms with van der Waals surface area (Å²) in [5, 5.41) is 3.62. The smallest absolute Gasteiger partial charge is 0.410 e. The molecule has 1 heterocycles. The molecule has 5 nitrogen and oxygen atoms in total. The quantitative estimate of drug-likeness (QED) is 0.778. The number of hydrogen-bond acceptors (Lipinski definition) is 4. The van der Waals surface area contributed by atoms with Crippen LogP contribution in [0.2, 0.25) is 0 Å². The standard InChI is InChI=1S/C18H36N2O3/c1-7-14(3)11-15(8-2)19-12-16-13-22-10-9-20(16)17(21)23-18(4,5)6/h14-16,19H,7-13H2,1-6H3. The SMILES string of the molecule is CCC(C)CC(CC)NCC1COCCN1C(=O)OC(C)(C)C. The Hall–Kier alpha value is -0.810. The number of amides is 1. The molecule has 1 fully saturated rings. The van der Waals surface area contributed by atoms with Crippen LogP contribution in [0.5, 0.6) is 0 Å². The Bertz CT molecular complexity index is 355. The number of ether oxygens (including phenoxy) is 2. The second kappa shape index (κ2) is 9.48. The fraction of sp³-hybridized carbons (Fsp3) is 0.944. The summed E-state index contributed by atoms with van der Waals surface area (Å²) in [4.78, 5) is 14.2. The van der Waals surface area contributed by atoms with Crippen molar-refractivity contribution < 1.29 is 14.3 Å². The Morgan fingerprint density at radius 2 is 2.04 bits per heavy atom. The normalized spacial score (nSPS) is 21.8. The zero-order valence-electron chi connectivity index (χ0n) is 15.9. The maximum Gasteiger partial charge on any atom is 0.410 e. The van der Waals surface area contributed by atoms with Crippen LogP contribution in [0.25, 0.3) is 0 Å². The third-order valence-corrected chi connectivity index (χ3v) is 4.37. The lowest BCUT2D eigenvalue weighted by Gasteiger charge is -2.37. The van der Waals surface area contributed by atoms with Gasteiger partial charge in [0.1, 0.15) is 5.60 Å². The third-order valence-electron chi connectivity index (χ3n) is 4.37. The van der Waals surface area contributed by atoms with E-state index in [9.17, 15) is 4.79 Å². The molecule has 0 aliphatic carbocycles. The van der Waals surface area contributed by atoms with Crippen LogP contribution in [0.3, 0.4) is 0 Å². The first-order chi connectivity index (χ1) is 10.8. The molecule has 3 unspecified atom stereocenters. The number of nitrogens with one attached hydrogen (secondary N) is 1. The molecule has 3 atom stereocenters. The molecular weight excluding hydrogens is 292 g/mol. The van der Waals surface area contributed by atoms with Crippen LogP contribution in [0.1, 0.15) is 60.8 Å². The van der Waals surface area contributed by atoms with Crippen LogP contribution < -0.4 is 5.32 Å². The van der Waals surface area contributed by atoms with Gasteiger partial charge in [-0.2, -0.15) is 0 Å². The van der Waals surface area contributed by atoms with Crippen molar-refractivity contribution in [2.75, 3.05) is 26.3 Å². The number of hydrogen-bond donors (Lipinski definition) is 1. The maximum absolute atomic E-state index is 12.4. The van der Waals surface area contributed by atoms with Gasteiger partial charge < -0.3 is 14.8 Å². The van der Waals surface area contributed by atoms with E-state index >= 15 is 0 Å². The highest BCUT2D eigenvalue weighted by Gasteiger charge is 2.31. The summed E-state index contributed by atoms with van der Waals surface area (Å²) in [6.07, 6.45) is 3.24. The van der Waals surface area contributed by atoms with Crippen molar-refractivity contribution in [1.82, 2.24) is 10.2 Å². The lowest BCUT2D eigenvalue weighted by Crippen LogP contribution is -2.55. The Morgan fingerprint density at radius 3 is 2.61 bits per heavy atom. The second-order valence-electron chi connectivity index (χ2n) is 7.67. The Morgan fingerprint density at radius 1 is 1.35 bits per heavy atom. The molecule has 23 heavy (non-hydrogen) atoms. The first kappa shape index (κ1) is 20.2. The van der Waals surface area contributed by atoms with Crippen molar-refractivity contribution in [3.05, 3.63) is 0 Å². The zero-order chi connectivity index (χ0) is 17.5.